The van der Waals surface area contributed by atoms with E-state index in [0.717, 1.165) is 11.4 Å². The minimum absolute atomic E-state index is 0.591. The summed E-state index contributed by atoms with van der Waals surface area (Å²) in [6, 6.07) is 5.76. The zero-order valence-electron chi connectivity index (χ0n) is 10.8. The predicted octanol–water partition coefficient (Wildman–Crippen LogP) is 1.54. The van der Waals surface area contributed by atoms with Crippen molar-refractivity contribution in [3.05, 3.63) is 42.4 Å². The maximum absolute atomic E-state index is 4.96. The smallest absolute Gasteiger partial charge is 0.224 e. The Morgan fingerprint density at radius 3 is 2.95 bits per heavy atom. The third-order valence-electron chi connectivity index (χ3n) is 2.44. The molecule has 2 aromatic rings. The van der Waals surface area contributed by atoms with E-state index in [1.54, 1.807) is 19.5 Å². The number of nitrogens with zero attached hydrogens (tertiary/aromatic N) is 3. The normalized spacial score (nSPS) is 10.2. The van der Waals surface area contributed by atoms with Crippen molar-refractivity contribution in [1.82, 2.24) is 15.0 Å². The quantitative estimate of drug-likeness (QED) is 0.735. The SMILES string of the molecule is COCCNc1nccc(NCc2cccnc2)n1. The monoisotopic (exact) mass is 259 g/mol. The van der Waals surface area contributed by atoms with Gasteiger partial charge in [0.05, 0.1) is 6.61 Å². The Balaban J connectivity index is 1.88. The highest BCUT2D eigenvalue weighted by atomic mass is 16.5. The topological polar surface area (TPSA) is 72.0 Å². The first kappa shape index (κ1) is 13.2. The summed E-state index contributed by atoms with van der Waals surface area (Å²) in [6.07, 6.45) is 5.30. The summed E-state index contributed by atoms with van der Waals surface area (Å²) in [5.41, 5.74) is 1.11. The van der Waals surface area contributed by atoms with Gasteiger partial charge in [0.1, 0.15) is 5.82 Å². The number of hydrogen-bond donors (Lipinski definition) is 2. The molecule has 0 bridgehead atoms. The summed E-state index contributed by atoms with van der Waals surface area (Å²) >= 11 is 0. The maximum Gasteiger partial charge on any atom is 0.224 e. The third-order valence-corrected chi connectivity index (χ3v) is 2.44. The lowest BCUT2D eigenvalue weighted by molar-refractivity contribution is 0.210. The molecule has 6 heteroatoms. The molecule has 0 aliphatic rings. The van der Waals surface area contributed by atoms with Crippen LogP contribution in [0.4, 0.5) is 11.8 Å². The van der Waals surface area contributed by atoms with E-state index in [0.29, 0.717) is 25.6 Å². The van der Waals surface area contributed by atoms with E-state index < -0.39 is 0 Å². The Morgan fingerprint density at radius 1 is 1.21 bits per heavy atom. The minimum Gasteiger partial charge on any atom is -0.383 e. The van der Waals surface area contributed by atoms with Crippen LogP contribution in [0.5, 0.6) is 0 Å². The standard InChI is InChI=1S/C13H17N5O/c1-19-8-7-16-13-15-6-4-12(18-13)17-10-11-3-2-5-14-9-11/h2-6,9H,7-8,10H2,1H3,(H2,15,16,17,18). The number of ether oxygens (including phenoxy) is 1. The Hall–Kier alpha value is -2.21. The van der Waals surface area contributed by atoms with Gasteiger partial charge in [0, 0.05) is 38.8 Å². The van der Waals surface area contributed by atoms with Gasteiger partial charge in [-0.2, -0.15) is 4.98 Å². The van der Waals surface area contributed by atoms with Gasteiger partial charge in [-0.15, -0.1) is 0 Å². The number of hydrogen-bond acceptors (Lipinski definition) is 6. The summed E-state index contributed by atoms with van der Waals surface area (Å²) < 4.78 is 4.96. The van der Waals surface area contributed by atoms with Crippen LogP contribution in [0, 0.1) is 0 Å². The molecule has 0 fully saturated rings. The molecule has 19 heavy (non-hydrogen) atoms. The lowest BCUT2D eigenvalue weighted by Gasteiger charge is -2.08. The molecule has 0 atom stereocenters. The van der Waals surface area contributed by atoms with E-state index in [-0.39, 0.29) is 0 Å². The first-order valence-electron chi connectivity index (χ1n) is 6.07. The van der Waals surface area contributed by atoms with Gasteiger partial charge < -0.3 is 15.4 Å². The van der Waals surface area contributed by atoms with Gasteiger partial charge in [0.25, 0.3) is 0 Å². The van der Waals surface area contributed by atoms with Crippen molar-refractivity contribution < 1.29 is 4.74 Å². The summed E-state index contributed by atoms with van der Waals surface area (Å²) in [4.78, 5) is 12.6. The molecule has 0 saturated carbocycles. The molecular weight excluding hydrogens is 242 g/mol. The molecule has 2 N–H and O–H groups in total. The molecule has 6 nitrogen and oxygen atoms in total. The van der Waals surface area contributed by atoms with E-state index in [4.69, 9.17) is 4.74 Å². The lowest BCUT2D eigenvalue weighted by atomic mass is 10.3. The van der Waals surface area contributed by atoms with Gasteiger partial charge in [-0.1, -0.05) is 6.07 Å². The predicted molar refractivity (Wildman–Crippen MR) is 74.0 cm³/mol. The Labute approximate surface area is 112 Å². The van der Waals surface area contributed by atoms with Gasteiger partial charge >= 0.3 is 0 Å². The molecule has 0 unspecified atom stereocenters. The number of methoxy groups -OCH3 is 1. The highest BCUT2D eigenvalue weighted by Crippen LogP contribution is 2.07. The lowest BCUT2D eigenvalue weighted by Crippen LogP contribution is -2.11. The van der Waals surface area contributed by atoms with Gasteiger partial charge in [0.15, 0.2) is 0 Å². The maximum atomic E-state index is 4.96. The Kier molecular flexibility index (Phi) is 5.06. The average molecular weight is 259 g/mol. The third kappa shape index (κ3) is 4.51. The van der Waals surface area contributed by atoms with Crippen LogP contribution in [-0.4, -0.2) is 35.2 Å². The molecule has 2 aromatic heterocycles. The summed E-state index contributed by atoms with van der Waals surface area (Å²) in [5.74, 6) is 1.37. The number of pyridine rings is 1. The van der Waals surface area contributed by atoms with Crippen LogP contribution in [0.3, 0.4) is 0 Å². The second kappa shape index (κ2) is 7.27. The molecule has 0 aromatic carbocycles. The summed E-state index contributed by atoms with van der Waals surface area (Å²) in [5, 5.41) is 6.31. The highest BCUT2D eigenvalue weighted by molar-refractivity contribution is 5.40. The molecule has 0 amide bonds. The summed E-state index contributed by atoms with van der Waals surface area (Å²) in [6.45, 7) is 1.99. The van der Waals surface area contributed by atoms with Crippen LogP contribution in [-0.2, 0) is 11.3 Å². The zero-order valence-corrected chi connectivity index (χ0v) is 10.8. The first-order chi connectivity index (χ1) is 9.38. The molecule has 2 heterocycles. The summed E-state index contributed by atoms with van der Waals surface area (Å²) in [7, 11) is 1.66. The number of aromatic nitrogens is 3. The zero-order chi connectivity index (χ0) is 13.3. The highest BCUT2D eigenvalue weighted by Gasteiger charge is 1.99. The molecule has 0 aliphatic heterocycles. The van der Waals surface area contributed by atoms with Crippen LogP contribution < -0.4 is 10.6 Å². The Bertz CT molecular complexity index is 491. The van der Waals surface area contributed by atoms with Crippen LogP contribution in [0.1, 0.15) is 5.56 Å². The van der Waals surface area contributed by atoms with Gasteiger partial charge in [-0.3, -0.25) is 4.98 Å². The van der Waals surface area contributed by atoms with E-state index in [9.17, 15) is 0 Å². The van der Waals surface area contributed by atoms with E-state index in [1.807, 2.05) is 24.4 Å². The Morgan fingerprint density at radius 2 is 2.16 bits per heavy atom. The van der Waals surface area contributed by atoms with Crippen molar-refractivity contribution in [2.24, 2.45) is 0 Å². The van der Waals surface area contributed by atoms with Crippen molar-refractivity contribution in [2.75, 3.05) is 30.9 Å². The van der Waals surface area contributed by atoms with Crippen molar-refractivity contribution in [2.45, 2.75) is 6.54 Å². The molecule has 2 rings (SSSR count). The van der Waals surface area contributed by atoms with E-state index >= 15 is 0 Å². The van der Waals surface area contributed by atoms with Crippen molar-refractivity contribution in [3.8, 4) is 0 Å². The van der Waals surface area contributed by atoms with Crippen LogP contribution in [0.25, 0.3) is 0 Å². The van der Waals surface area contributed by atoms with Crippen molar-refractivity contribution in [1.29, 1.82) is 0 Å². The fourth-order valence-electron chi connectivity index (χ4n) is 1.50. The van der Waals surface area contributed by atoms with Gasteiger partial charge in [0.2, 0.25) is 5.95 Å². The second-order valence-corrected chi connectivity index (χ2v) is 3.90. The fourth-order valence-corrected chi connectivity index (χ4v) is 1.50. The molecular formula is C13H17N5O. The average Bonchev–Trinajstić information content (AvgIpc) is 2.47. The van der Waals surface area contributed by atoms with Crippen LogP contribution in [0.15, 0.2) is 36.8 Å². The molecule has 0 aliphatic carbocycles. The largest absolute Gasteiger partial charge is 0.383 e. The number of nitrogens with one attached hydrogen (secondary N) is 2. The van der Waals surface area contributed by atoms with Gasteiger partial charge in [-0.25, -0.2) is 4.98 Å². The van der Waals surface area contributed by atoms with Crippen LogP contribution >= 0.6 is 0 Å². The molecule has 0 radical (unpaired) electrons. The number of rotatable bonds is 7. The molecule has 100 valence electrons. The van der Waals surface area contributed by atoms with Crippen LogP contribution in [0.2, 0.25) is 0 Å². The van der Waals surface area contributed by atoms with E-state index in [2.05, 4.69) is 25.6 Å². The van der Waals surface area contributed by atoms with Crippen molar-refractivity contribution in [3.63, 3.8) is 0 Å². The first-order valence-corrected chi connectivity index (χ1v) is 6.07. The van der Waals surface area contributed by atoms with Gasteiger partial charge in [-0.05, 0) is 17.7 Å². The molecule has 0 saturated heterocycles. The fraction of sp³-hybridized carbons (Fsp3) is 0.308. The minimum atomic E-state index is 0.591. The van der Waals surface area contributed by atoms with Crippen molar-refractivity contribution >= 4 is 11.8 Å². The second-order valence-electron chi connectivity index (χ2n) is 3.90. The van der Waals surface area contributed by atoms with E-state index in [1.165, 1.54) is 0 Å². The molecule has 0 spiro atoms. The number of anilines is 2.